The van der Waals surface area contributed by atoms with Crippen molar-refractivity contribution in [1.29, 1.82) is 0 Å². The lowest BCUT2D eigenvalue weighted by molar-refractivity contribution is -0.128. The fourth-order valence-corrected chi connectivity index (χ4v) is 2.28. The molecule has 3 N–H and O–H groups in total. The molecule has 2 rings (SSSR count). The molecule has 25 heavy (non-hydrogen) atoms. The third kappa shape index (κ3) is 5.32. The largest absolute Gasteiger partial charge is 0.481 e. The van der Waals surface area contributed by atoms with Crippen molar-refractivity contribution in [3.05, 3.63) is 46.2 Å². The van der Waals surface area contributed by atoms with Crippen LogP contribution in [0.2, 0.25) is 0 Å². The lowest BCUT2D eigenvalue weighted by atomic mass is 9.92. The van der Waals surface area contributed by atoms with Crippen molar-refractivity contribution >= 4 is 27.7 Å². The summed E-state index contributed by atoms with van der Waals surface area (Å²) < 4.78 is 6.38. The zero-order valence-corrected chi connectivity index (χ0v) is 16.1. The van der Waals surface area contributed by atoms with E-state index in [0.29, 0.717) is 5.75 Å². The molecule has 0 aliphatic rings. The first kappa shape index (κ1) is 19.0. The van der Waals surface area contributed by atoms with Gasteiger partial charge < -0.3 is 4.74 Å². The normalized spacial score (nSPS) is 12.4. The molecular weight excluding hydrogens is 388 g/mol. The van der Waals surface area contributed by atoms with Gasteiger partial charge >= 0.3 is 0 Å². The van der Waals surface area contributed by atoms with Gasteiger partial charge in [-0.15, -0.1) is 0 Å². The quantitative estimate of drug-likeness (QED) is 0.677. The van der Waals surface area contributed by atoms with Crippen LogP contribution in [0.5, 0.6) is 5.75 Å². The Labute approximate surface area is 154 Å². The van der Waals surface area contributed by atoms with Gasteiger partial charge in [-0.2, -0.15) is 5.10 Å². The number of hydrogen-bond acceptors (Lipinski definition) is 4. The minimum absolute atomic E-state index is 0.152. The average molecular weight is 409 g/mol. The highest BCUT2D eigenvalue weighted by Gasteiger charge is 2.20. The van der Waals surface area contributed by atoms with E-state index in [0.717, 1.165) is 10.2 Å². The third-order valence-corrected chi connectivity index (χ3v) is 3.89. The Hall–Kier alpha value is -2.35. The molecule has 0 aliphatic carbocycles. The molecule has 1 heterocycles. The number of aromatic amines is 1. The molecule has 0 spiro atoms. The summed E-state index contributed by atoms with van der Waals surface area (Å²) in [5.74, 6) is -0.430. The van der Waals surface area contributed by atoms with Gasteiger partial charge in [-0.25, -0.2) is 0 Å². The molecule has 8 heteroatoms. The highest BCUT2D eigenvalue weighted by Crippen LogP contribution is 2.20. The number of benzene rings is 1. The zero-order valence-electron chi connectivity index (χ0n) is 14.5. The summed E-state index contributed by atoms with van der Waals surface area (Å²) in [5.41, 5.74) is 5.54. The van der Waals surface area contributed by atoms with Gasteiger partial charge in [0.2, 0.25) is 0 Å². The Morgan fingerprint density at radius 1 is 1.24 bits per heavy atom. The third-order valence-electron chi connectivity index (χ3n) is 3.40. The lowest BCUT2D eigenvalue weighted by Gasteiger charge is -2.15. The van der Waals surface area contributed by atoms with Crippen molar-refractivity contribution in [2.45, 2.75) is 39.2 Å². The summed E-state index contributed by atoms with van der Waals surface area (Å²) in [5, 5.41) is 6.78. The fraction of sp³-hybridized carbons (Fsp3) is 0.353. The average Bonchev–Trinajstić information content (AvgIpc) is 3.02. The smallest absolute Gasteiger partial charge is 0.290 e. The van der Waals surface area contributed by atoms with Gasteiger partial charge in [-0.1, -0.05) is 42.8 Å². The van der Waals surface area contributed by atoms with Crippen LogP contribution in [0.3, 0.4) is 0 Å². The van der Waals surface area contributed by atoms with Gasteiger partial charge in [0.1, 0.15) is 5.75 Å². The van der Waals surface area contributed by atoms with Gasteiger partial charge in [-0.05, 0) is 31.2 Å². The van der Waals surface area contributed by atoms with Crippen molar-refractivity contribution < 1.29 is 14.3 Å². The van der Waals surface area contributed by atoms with Gasteiger partial charge in [0.15, 0.2) is 11.8 Å². The number of halogens is 1. The Kier molecular flexibility index (Phi) is 5.84. The van der Waals surface area contributed by atoms with Crippen LogP contribution in [-0.4, -0.2) is 28.1 Å². The predicted molar refractivity (Wildman–Crippen MR) is 97.1 cm³/mol. The van der Waals surface area contributed by atoms with E-state index < -0.39 is 17.9 Å². The maximum Gasteiger partial charge on any atom is 0.290 e. The molecule has 0 saturated carbocycles. The molecule has 0 fully saturated rings. The highest BCUT2D eigenvalue weighted by atomic mass is 79.9. The van der Waals surface area contributed by atoms with Gasteiger partial charge in [-0.3, -0.25) is 25.5 Å². The topological polar surface area (TPSA) is 96.1 Å². The van der Waals surface area contributed by atoms with Crippen LogP contribution in [-0.2, 0) is 10.2 Å². The van der Waals surface area contributed by atoms with Crippen molar-refractivity contribution in [1.82, 2.24) is 21.0 Å². The summed E-state index contributed by atoms with van der Waals surface area (Å²) in [6.07, 6.45) is -0.779. The van der Waals surface area contributed by atoms with Crippen LogP contribution in [0.25, 0.3) is 0 Å². The van der Waals surface area contributed by atoms with Crippen LogP contribution < -0.4 is 15.6 Å². The molecule has 1 atom stereocenters. The van der Waals surface area contributed by atoms with Crippen LogP contribution in [0.15, 0.2) is 34.8 Å². The molecule has 0 aliphatic heterocycles. The van der Waals surface area contributed by atoms with E-state index in [9.17, 15) is 9.59 Å². The number of amides is 2. The maximum atomic E-state index is 12.1. The van der Waals surface area contributed by atoms with Crippen LogP contribution >= 0.6 is 15.9 Å². The van der Waals surface area contributed by atoms with E-state index in [4.69, 9.17) is 4.74 Å². The second kappa shape index (κ2) is 7.69. The molecule has 1 aromatic carbocycles. The maximum absolute atomic E-state index is 12.1. The van der Waals surface area contributed by atoms with Crippen molar-refractivity contribution in [3.63, 3.8) is 0 Å². The van der Waals surface area contributed by atoms with Gasteiger partial charge in [0, 0.05) is 15.6 Å². The fourth-order valence-electron chi connectivity index (χ4n) is 1.90. The van der Waals surface area contributed by atoms with E-state index in [2.05, 4.69) is 37.0 Å². The second-order valence-electron chi connectivity index (χ2n) is 6.58. The summed E-state index contributed by atoms with van der Waals surface area (Å²) in [4.78, 5) is 24.1. The van der Waals surface area contributed by atoms with Crippen molar-refractivity contribution in [3.8, 4) is 5.75 Å². The number of hydrogen-bond donors (Lipinski definition) is 3. The van der Waals surface area contributed by atoms with Crippen molar-refractivity contribution in [2.24, 2.45) is 0 Å². The Bertz CT molecular complexity index is 767. The first-order chi connectivity index (χ1) is 11.7. The molecule has 1 aromatic heterocycles. The van der Waals surface area contributed by atoms with E-state index in [1.54, 1.807) is 31.2 Å². The van der Waals surface area contributed by atoms with Crippen LogP contribution in [0, 0.1) is 0 Å². The van der Waals surface area contributed by atoms with E-state index in [1.165, 1.54) is 0 Å². The predicted octanol–water partition coefficient (Wildman–Crippen LogP) is 2.70. The molecule has 0 saturated heterocycles. The number of hydrazine groups is 1. The van der Waals surface area contributed by atoms with Crippen molar-refractivity contribution in [2.75, 3.05) is 0 Å². The molecule has 7 nitrogen and oxygen atoms in total. The van der Waals surface area contributed by atoms with Gasteiger partial charge in [0.25, 0.3) is 11.8 Å². The molecule has 2 amide bonds. The number of carbonyl (C=O) groups is 2. The SMILES string of the molecule is CC(Oc1cccc(Br)c1)C(=O)NNC(=O)c1cc(C(C)(C)C)[nH]n1. The monoisotopic (exact) mass is 408 g/mol. The molecule has 1 unspecified atom stereocenters. The first-order valence-corrected chi connectivity index (χ1v) is 8.54. The highest BCUT2D eigenvalue weighted by molar-refractivity contribution is 9.10. The number of nitrogens with zero attached hydrogens (tertiary/aromatic N) is 1. The Balaban J connectivity index is 1.88. The molecule has 0 bridgehead atoms. The lowest BCUT2D eigenvalue weighted by Crippen LogP contribution is -2.47. The van der Waals surface area contributed by atoms with Crippen LogP contribution in [0.1, 0.15) is 43.9 Å². The molecule has 134 valence electrons. The summed E-state index contributed by atoms with van der Waals surface area (Å²) >= 11 is 3.33. The molecule has 0 radical (unpaired) electrons. The number of rotatable bonds is 4. The van der Waals surface area contributed by atoms with E-state index in [1.807, 2.05) is 26.8 Å². The van der Waals surface area contributed by atoms with Gasteiger partial charge in [0.05, 0.1) is 0 Å². The number of aromatic nitrogens is 2. The second-order valence-corrected chi connectivity index (χ2v) is 7.49. The minimum Gasteiger partial charge on any atom is -0.481 e. The summed E-state index contributed by atoms with van der Waals surface area (Å²) in [7, 11) is 0. The summed E-state index contributed by atoms with van der Waals surface area (Å²) in [6.45, 7) is 7.61. The zero-order chi connectivity index (χ0) is 18.6. The first-order valence-electron chi connectivity index (χ1n) is 7.75. The molecular formula is C17H21BrN4O3. The van der Waals surface area contributed by atoms with Crippen LogP contribution in [0.4, 0.5) is 0 Å². The Morgan fingerprint density at radius 2 is 1.96 bits per heavy atom. The molecule has 2 aromatic rings. The standard InChI is InChI=1S/C17H21BrN4O3/c1-10(25-12-7-5-6-11(18)8-12)15(23)21-22-16(24)13-9-14(20-19-13)17(2,3)4/h5-10H,1-4H3,(H,19,20)(H,21,23)(H,22,24). The Morgan fingerprint density at radius 3 is 2.56 bits per heavy atom. The number of ether oxygens (including phenoxy) is 1. The van der Waals surface area contributed by atoms with E-state index in [-0.39, 0.29) is 11.1 Å². The van der Waals surface area contributed by atoms with E-state index >= 15 is 0 Å². The minimum atomic E-state index is -0.779. The number of carbonyl (C=O) groups excluding carboxylic acids is 2. The summed E-state index contributed by atoms with van der Waals surface area (Å²) in [6, 6.07) is 8.80. The number of nitrogens with one attached hydrogen (secondary N) is 3. The number of H-pyrrole nitrogens is 1.